The van der Waals surface area contributed by atoms with Crippen LogP contribution in [0, 0.1) is 11.3 Å². The third-order valence-electron chi connectivity index (χ3n) is 5.42. The lowest BCUT2D eigenvalue weighted by Crippen LogP contribution is -2.60. The van der Waals surface area contributed by atoms with Crippen LogP contribution < -0.4 is 0 Å². The van der Waals surface area contributed by atoms with Crippen LogP contribution in [-0.4, -0.2) is 36.3 Å². The molecule has 1 saturated carbocycles. The molecule has 2 fully saturated rings. The number of Topliss-reactive ketones (excluding diaryl/α,β-unsaturated/α-hetero) is 1. The van der Waals surface area contributed by atoms with Gasteiger partial charge in [0.25, 0.3) is 0 Å². The Morgan fingerprint density at radius 2 is 2.13 bits per heavy atom. The van der Waals surface area contributed by atoms with Gasteiger partial charge < -0.3 is 4.74 Å². The molecule has 2 aliphatic rings. The summed E-state index contributed by atoms with van der Waals surface area (Å²) in [4.78, 5) is 27.7. The van der Waals surface area contributed by atoms with Crippen LogP contribution in [0.15, 0.2) is 30.3 Å². The van der Waals surface area contributed by atoms with Crippen LogP contribution in [0.4, 0.5) is 0 Å². The minimum atomic E-state index is -0.944. The Labute approximate surface area is 137 Å². The minimum Gasteiger partial charge on any atom is -0.465 e. The number of nitrogens with zero attached hydrogens (tertiary/aromatic N) is 1. The molecule has 1 aromatic carbocycles. The molecule has 0 spiro atoms. The van der Waals surface area contributed by atoms with Crippen molar-refractivity contribution in [3.8, 4) is 0 Å². The number of hydrogen-bond acceptors (Lipinski definition) is 4. The fourth-order valence-corrected chi connectivity index (χ4v) is 4.09. The number of fused-ring (bicyclic) bond motifs is 2. The van der Waals surface area contributed by atoms with Gasteiger partial charge in [0.05, 0.1) is 6.61 Å². The van der Waals surface area contributed by atoms with E-state index in [0.29, 0.717) is 19.6 Å². The van der Waals surface area contributed by atoms with Crippen molar-refractivity contribution in [1.29, 1.82) is 0 Å². The molecule has 23 heavy (non-hydrogen) atoms. The highest BCUT2D eigenvalue weighted by Crippen LogP contribution is 2.44. The number of likely N-dealkylation sites (tertiary alicyclic amines) is 1. The van der Waals surface area contributed by atoms with Gasteiger partial charge in [0.15, 0.2) is 5.78 Å². The number of esters is 1. The first-order valence-corrected chi connectivity index (χ1v) is 8.59. The maximum atomic E-state index is 12.8. The average molecular weight is 315 g/mol. The Balaban J connectivity index is 1.88. The van der Waals surface area contributed by atoms with Crippen molar-refractivity contribution in [3.63, 3.8) is 0 Å². The summed E-state index contributed by atoms with van der Waals surface area (Å²) in [6.45, 7) is 5.51. The summed E-state index contributed by atoms with van der Waals surface area (Å²) >= 11 is 0. The largest absolute Gasteiger partial charge is 0.465 e. The van der Waals surface area contributed by atoms with Gasteiger partial charge in [-0.1, -0.05) is 36.8 Å². The van der Waals surface area contributed by atoms with E-state index in [2.05, 4.69) is 24.0 Å². The van der Waals surface area contributed by atoms with Crippen molar-refractivity contribution in [3.05, 3.63) is 35.9 Å². The molecule has 0 aromatic heterocycles. The standard InChI is InChI=1S/C19H25NO3/c1-3-23-18(22)19-11-7-10-16(17(19)21)12-20(13-19)14(2)15-8-5-4-6-9-15/h4-6,8-9,14,16H,3,7,10-13H2,1-2H3/t14-,16-,19-/m0/s1. The van der Waals surface area contributed by atoms with Crippen LogP contribution in [0.3, 0.4) is 0 Å². The summed E-state index contributed by atoms with van der Waals surface area (Å²) in [6, 6.07) is 10.5. The van der Waals surface area contributed by atoms with Crippen molar-refractivity contribution >= 4 is 11.8 Å². The van der Waals surface area contributed by atoms with E-state index in [1.165, 1.54) is 5.56 Å². The normalized spacial score (nSPS) is 29.1. The predicted molar refractivity (Wildman–Crippen MR) is 87.8 cm³/mol. The topological polar surface area (TPSA) is 46.6 Å². The Morgan fingerprint density at radius 1 is 1.39 bits per heavy atom. The molecular formula is C19H25NO3. The van der Waals surface area contributed by atoms with Crippen molar-refractivity contribution in [2.45, 2.75) is 39.2 Å². The zero-order valence-corrected chi connectivity index (χ0v) is 14.0. The summed E-state index contributed by atoms with van der Waals surface area (Å²) in [6.07, 6.45) is 2.44. The molecule has 1 aliphatic carbocycles. The van der Waals surface area contributed by atoms with E-state index in [1.807, 2.05) is 18.2 Å². The minimum absolute atomic E-state index is 0.0342. The first kappa shape index (κ1) is 16.2. The third-order valence-corrected chi connectivity index (χ3v) is 5.42. The van der Waals surface area contributed by atoms with E-state index in [4.69, 9.17) is 4.74 Å². The molecule has 1 saturated heterocycles. The highest BCUT2D eigenvalue weighted by Gasteiger charge is 2.56. The lowest BCUT2D eigenvalue weighted by molar-refractivity contribution is -0.171. The van der Waals surface area contributed by atoms with E-state index in [9.17, 15) is 9.59 Å². The molecule has 1 aromatic rings. The zero-order chi connectivity index (χ0) is 16.4. The van der Waals surface area contributed by atoms with Crippen LogP contribution in [0.5, 0.6) is 0 Å². The Kier molecular flexibility index (Phi) is 4.53. The predicted octanol–water partition coefficient (Wildman–Crippen LogP) is 2.98. The quantitative estimate of drug-likeness (QED) is 0.633. The van der Waals surface area contributed by atoms with E-state index in [1.54, 1.807) is 6.92 Å². The third kappa shape index (κ3) is 2.80. The molecule has 1 aliphatic heterocycles. The lowest BCUT2D eigenvalue weighted by Gasteiger charge is -2.48. The van der Waals surface area contributed by atoms with E-state index in [-0.39, 0.29) is 23.7 Å². The first-order valence-electron chi connectivity index (χ1n) is 8.59. The van der Waals surface area contributed by atoms with E-state index in [0.717, 1.165) is 19.4 Å². The van der Waals surface area contributed by atoms with Crippen molar-refractivity contribution < 1.29 is 14.3 Å². The fraction of sp³-hybridized carbons (Fsp3) is 0.579. The van der Waals surface area contributed by atoms with Gasteiger partial charge in [-0.3, -0.25) is 14.5 Å². The van der Waals surface area contributed by atoms with Crippen LogP contribution in [-0.2, 0) is 14.3 Å². The summed E-state index contributed by atoms with van der Waals surface area (Å²) < 4.78 is 5.28. The van der Waals surface area contributed by atoms with Gasteiger partial charge in [-0.2, -0.15) is 0 Å². The number of benzene rings is 1. The highest BCUT2D eigenvalue weighted by molar-refractivity contribution is 6.06. The first-order chi connectivity index (χ1) is 11.1. The van der Waals surface area contributed by atoms with Gasteiger partial charge in [-0.15, -0.1) is 0 Å². The maximum Gasteiger partial charge on any atom is 0.320 e. The Morgan fingerprint density at radius 3 is 2.83 bits per heavy atom. The lowest BCUT2D eigenvalue weighted by atomic mass is 9.65. The number of ketones is 1. The molecule has 0 radical (unpaired) electrons. The molecule has 0 N–H and O–H groups in total. The summed E-state index contributed by atoms with van der Waals surface area (Å²) in [5, 5.41) is 0. The van der Waals surface area contributed by atoms with Crippen LogP contribution in [0.25, 0.3) is 0 Å². The molecule has 2 bridgehead atoms. The Bertz CT molecular complexity index is 586. The maximum absolute atomic E-state index is 12.8. The molecule has 4 nitrogen and oxygen atoms in total. The highest BCUT2D eigenvalue weighted by atomic mass is 16.5. The molecule has 3 atom stereocenters. The van der Waals surface area contributed by atoms with E-state index < -0.39 is 5.41 Å². The summed E-state index contributed by atoms with van der Waals surface area (Å²) in [7, 11) is 0. The number of rotatable bonds is 4. The van der Waals surface area contributed by atoms with Crippen LogP contribution >= 0.6 is 0 Å². The number of carbonyl (C=O) groups excluding carboxylic acids is 2. The van der Waals surface area contributed by atoms with Crippen molar-refractivity contribution in [2.24, 2.45) is 11.3 Å². The number of carbonyl (C=O) groups is 2. The van der Waals surface area contributed by atoms with Gasteiger partial charge in [-0.25, -0.2) is 0 Å². The molecular weight excluding hydrogens is 290 g/mol. The van der Waals surface area contributed by atoms with Gasteiger partial charge >= 0.3 is 5.97 Å². The van der Waals surface area contributed by atoms with Crippen molar-refractivity contribution in [1.82, 2.24) is 4.90 Å². The summed E-state index contributed by atoms with van der Waals surface area (Å²) in [5.41, 5.74) is 0.277. The SMILES string of the molecule is CCOC(=O)[C@@]12CCC[C@@H](CN([C@@H](C)c3ccccc3)C1)C2=O. The molecule has 0 unspecified atom stereocenters. The van der Waals surface area contributed by atoms with Crippen LogP contribution in [0.2, 0.25) is 0 Å². The van der Waals surface area contributed by atoms with Gasteiger partial charge in [0.2, 0.25) is 0 Å². The van der Waals surface area contributed by atoms with Gasteiger partial charge in [0.1, 0.15) is 5.41 Å². The van der Waals surface area contributed by atoms with Gasteiger partial charge in [0, 0.05) is 25.0 Å². The van der Waals surface area contributed by atoms with E-state index >= 15 is 0 Å². The number of hydrogen-bond donors (Lipinski definition) is 0. The van der Waals surface area contributed by atoms with Crippen LogP contribution in [0.1, 0.15) is 44.7 Å². The molecule has 0 amide bonds. The van der Waals surface area contributed by atoms with Crippen molar-refractivity contribution in [2.75, 3.05) is 19.7 Å². The molecule has 3 rings (SSSR count). The second-order valence-corrected chi connectivity index (χ2v) is 6.77. The average Bonchev–Trinajstić information content (AvgIpc) is 2.55. The summed E-state index contributed by atoms with van der Waals surface area (Å²) in [5.74, 6) is -0.244. The molecule has 1 heterocycles. The molecule has 124 valence electrons. The zero-order valence-electron chi connectivity index (χ0n) is 14.0. The smallest absolute Gasteiger partial charge is 0.320 e. The Hall–Kier alpha value is -1.68. The number of ether oxygens (including phenoxy) is 1. The van der Waals surface area contributed by atoms with Gasteiger partial charge in [-0.05, 0) is 32.3 Å². The fourth-order valence-electron chi connectivity index (χ4n) is 4.09. The second-order valence-electron chi connectivity index (χ2n) is 6.77. The number of piperidine rings is 1. The monoisotopic (exact) mass is 315 g/mol. The molecule has 4 heteroatoms. The second kappa shape index (κ2) is 6.44.